The minimum atomic E-state index is 0.0177. The molecule has 2 heterocycles. The largest absolute Gasteiger partial charge is 0.390 e. The van der Waals surface area contributed by atoms with Crippen molar-refractivity contribution in [1.29, 1.82) is 0 Å². The van der Waals surface area contributed by atoms with Crippen LogP contribution in [0.3, 0.4) is 0 Å². The monoisotopic (exact) mass is 193 g/mol. The minimum Gasteiger partial charge on any atom is -0.390 e. The van der Waals surface area contributed by atoms with Crippen LogP contribution in [0.5, 0.6) is 0 Å². The van der Waals surface area contributed by atoms with Gasteiger partial charge in [-0.05, 0) is 12.1 Å². The molecule has 1 N–H and O–H groups in total. The van der Waals surface area contributed by atoms with Gasteiger partial charge in [-0.2, -0.15) is 4.98 Å². The van der Waals surface area contributed by atoms with Crippen molar-refractivity contribution in [2.24, 2.45) is 0 Å². The van der Waals surface area contributed by atoms with E-state index < -0.39 is 0 Å². The highest BCUT2D eigenvalue weighted by Crippen LogP contribution is 2.05. The van der Waals surface area contributed by atoms with E-state index >= 15 is 0 Å². The molecule has 0 aliphatic heterocycles. The Kier molecular flexibility index (Phi) is 2.32. The lowest BCUT2D eigenvalue weighted by Gasteiger charge is -2.02. The van der Waals surface area contributed by atoms with Gasteiger partial charge >= 0.3 is 0 Å². The second kappa shape index (κ2) is 3.63. The molecular formula is C9H11N3O2. The maximum Gasteiger partial charge on any atom is 0.223 e. The number of aromatic nitrogens is 3. The van der Waals surface area contributed by atoms with Gasteiger partial charge in [0.05, 0.1) is 13.2 Å². The molecule has 0 aliphatic rings. The Hall–Kier alpha value is -1.62. The molecule has 5 heteroatoms. The molecule has 0 fully saturated rings. The normalized spacial score (nSPS) is 10.7. The topological polar surface area (TPSA) is 64.1 Å². The molecule has 5 nitrogen and oxygen atoms in total. The van der Waals surface area contributed by atoms with Gasteiger partial charge in [-0.3, -0.25) is 0 Å². The third kappa shape index (κ3) is 1.67. The molecule has 2 aromatic rings. The van der Waals surface area contributed by atoms with Gasteiger partial charge in [0.2, 0.25) is 5.89 Å². The smallest absolute Gasteiger partial charge is 0.223 e. The molecule has 2 aromatic heterocycles. The number of aliphatic hydroxyl groups excluding tert-OH is 1. The van der Waals surface area contributed by atoms with E-state index in [2.05, 4.69) is 10.1 Å². The third-order valence-electron chi connectivity index (χ3n) is 1.97. The SMILES string of the molecule is Cc1nc(Cn2cccc2CO)no1. The molecule has 0 spiro atoms. The van der Waals surface area contributed by atoms with E-state index in [1.807, 2.05) is 22.9 Å². The van der Waals surface area contributed by atoms with Crippen molar-refractivity contribution in [2.75, 3.05) is 0 Å². The Morgan fingerprint density at radius 3 is 3.07 bits per heavy atom. The van der Waals surface area contributed by atoms with Gasteiger partial charge in [0.1, 0.15) is 0 Å². The predicted octanol–water partition coefficient (Wildman–Crippen LogP) is 0.720. The van der Waals surface area contributed by atoms with Crippen molar-refractivity contribution >= 4 is 0 Å². The summed E-state index contributed by atoms with van der Waals surface area (Å²) in [6.07, 6.45) is 1.87. The fourth-order valence-corrected chi connectivity index (χ4v) is 1.31. The van der Waals surface area contributed by atoms with E-state index in [-0.39, 0.29) is 6.61 Å². The molecule has 14 heavy (non-hydrogen) atoms. The van der Waals surface area contributed by atoms with Crippen LogP contribution in [-0.2, 0) is 13.2 Å². The van der Waals surface area contributed by atoms with E-state index in [0.717, 1.165) is 5.69 Å². The van der Waals surface area contributed by atoms with E-state index in [1.165, 1.54) is 0 Å². The number of hydrogen-bond acceptors (Lipinski definition) is 4. The molecular weight excluding hydrogens is 182 g/mol. The van der Waals surface area contributed by atoms with Gasteiger partial charge in [-0.15, -0.1) is 0 Å². The van der Waals surface area contributed by atoms with E-state index in [1.54, 1.807) is 6.92 Å². The van der Waals surface area contributed by atoms with Crippen LogP contribution >= 0.6 is 0 Å². The van der Waals surface area contributed by atoms with Gasteiger partial charge in [-0.25, -0.2) is 0 Å². The molecule has 2 rings (SSSR count). The first-order chi connectivity index (χ1) is 6.79. The Labute approximate surface area is 81.0 Å². The lowest BCUT2D eigenvalue weighted by molar-refractivity contribution is 0.271. The van der Waals surface area contributed by atoms with E-state index in [0.29, 0.717) is 18.3 Å². The molecule has 0 bridgehead atoms. The van der Waals surface area contributed by atoms with Crippen molar-refractivity contribution in [1.82, 2.24) is 14.7 Å². The predicted molar refractivity (Wildman–Crippen MR) is 48.5 cm³/mol. The van der Waals surface area contributed by atoms with E-state index in [4.69, 9.17) is 9.63 Å². The van der Waals surface area contributed by atoms with Crippen LogP contribution in [-0.4, -0.2) is 19.8 Å². The molecule has 0 atom stereocenters. The molecule has 0 radical (unpaired) electrons. The lowest BCUT2D eigenvalue weighted by Crippen LogP contribution is -2.04. The van der Waals surface area contributed by atoms with Crippen molar-refractivity contribution in [3.05, 3.63) is 35.7 Å². The summed E-state index contributed by atoms with van der Waals surface area (Å²) >= 11 is 0. The summed E-state index contributed by atoms with van der Waals surface area (Å²) in [6.45, 7) is 2.29. The summed E-state index contributed by atoms with van der Waals surface area (Å²) in [6, 6.07) is 3.73. The van der Waals surface area contributed by atoms with Crippen molar-refractivity contribution < 1.29 is 9.63 Å². The Morgan fingerprint density at radius 1 is 1.57 bits per heavy atom. The van der Waals surface area contributed by atoms with Crippen LogP contribution in [0, 0.1) is 6.92 Å². The highest BCUT2D eigenvalue weighted by Gasteiger charge is 2.05. The van der Waals surface area contributed by atoms with Crippen LogP contribution in [0.25, 0.3) is 0 Å². The summed E-state index contributed by atoms with van der Waals surface area (Å²) in [5, 5.41) is 12.8. The Morgan fingerprint density at radius 2 is 2.43 bits per heavy atom. The first-order valence-electron chi connectivity index (χ1n) is 4.33. The van der Waals surface area contributed by atoms with Crippen molar-refractivity contribution in [2.45, 2.75) is 20.1 Å². The maximum atomic E-state index is 9.01. The van der Waals surface area contributed by atoms with Gasteiger partial charge in [0.25, 0.3) is 0 Å². The number of hydrogen-bond donors (Lipinski definition) is 1. The van der Waals surface area contributed by atoms with Crippen LogP contribution in [0.2, 0.25) is 0 Å². The van der Waals surface area contributed by atoms with Crippen LogP contribution in [0.4, 0.5) is 0 Å². The van der Waals surface area contributed by atoms with Gasteiger partial charge in [0, 0.05) is 18.8 Å². The fraction of sp³-hybridized carbons (Fsp3) is 0.333. The summed E-state index contributed by atoms with van der Waals surface area (Å²) in [5.74, 6) is 1.17. The zero-order valence-corrected chi connectivity index (χ0v) is 7.84. The Balaban J connectivity index is 2.18. The highest BCUT2D eigenvalue weighted by atomic mass is 16.5. The lowest BCUT2D eigenvalue weighted by atomic mass is 10.4. The van der Waals surface area contributed by atoms with Gasteiger partial charge in [-0.1, -0.05) is 5.16 Å². The zero-order chi connectivity index (χ0) is 9.97. The number of rotatable bonds is 3. The minimum absolute atomic E-state index is 0.0177. The number of nitrogens with zero attached hydrogens (tertiary/aromatic N) is 3. The molecule has 0 aromatic carbocycles. The van der Waals surface area contributed by atoms with Gasteiger partial charge < -0.3 is 14.2 Å². The average Bonchev–Trinajstić information content (AvgIpc) is 2.76. The van der Waals surface area contributed by atoms with Crippen molar-refractivity contribution in [3.8, 4) is 0 Å². The highest BCUT2D eigenvalue weighted by molar-refractivity contribution is 5.07. The van der Waals surface area contributed by atoms with Crippen LogP contribution in [0.1, 0.15) is 17.4 Å². The molecule has 0 aliphatic carbocycles. The summed E-state index contributed by atoms with van der Waals surface area (Å²) in [4.78, 5) is 4.08. The third-order valence-corrected chi connectivity index (χ3v) is 1.97. The average molecular weight is 193 g/mol. The first kappa shape index (κ1) is 8.96. The summed E-state index contributed by atoms with van der Waals surface area (Å²) in [5.41, 5.74) is 0.840. The Bertz CT molecular complexity index is 419. The van der Waals surface area contributed by atoms with Crippen molar-refractivity contribution in [3.63, 3.8) is 0 Å². The molecule has 0 amide bonds. The molecule has 0 saturated heterocycles. The first-order valence-corrected chi connectivity index (χ1v) is 4.33. The van der Waals surface area contributed by atoms with E-state index in [9.17, 15) is 0 Å². The summed E-state index contributed by atoms with van der Waals surface area (Å²) in [7, 11) is 0. The standard InChI is InChI=1S/C9H11N3O2/c1-7-10-9(11-14-7)5-12-4-2-3-8(12)6-13/h2-4,13H,5-6H2,1H3. The van der Waals surface area contributed by atoms with Crippen LogP contribution in [0.15, 0.2) is 22.9 Å². The molecule has 0 unspecified atom stereocenters. The van der Waals surface area contributed by atoms with Gasteiger partial charge in [0.15, 0.2) is 5.82 Å². The molecule has 74 valence electrons. The molecule has 0 saturated carbocycles. The quantitative estimate of drug-likeness (QED) is 0.780. The zero-order valence-electron chi connectivity index (χ0n) is 7.84. The maximum absolute atomic E-state index is 9.01. The number of aliphatic hydroxyl groups is 1. The number of aryl methyl sites for hydroxylation is 1. The second-order valence-corrected chi connectivity index (χ2v) is 3.02. The van der Waals surface area contributed by atoms with Crippen LogP contribution < -0.4 is 0 Å². The second-order valence-electron chi connectivity index (χ2n) is 3.02. The fourth-order valence-electron chi connectivity index (χ4n) is 1.31. The summed E-state index contributed by atoms with van der Waals surface area (Å²) < 4.78 is 6.73.